The van der Waals surface area contributed by atoms with E-state index in [2.05, 4.69) is 34.2 Å². The van der Waals surface area contributed by atoms with Crippen LogP contribution in [0, 0.1) is 6.92 Å². The number of benzene rings is 1. The zero-order chi connectivity index (χ0) is 9.10. The van der Waals surface area contributed by atoms with Crippen molar-refractivity contribution in [1.82, 2.24) is 9.97 Å². The fourth-order valence-electron chi connectivity index (χ4n) is 1.36. The van der Waals surface area contributed by atoms with Crippen LogP contribution in [-0.2, 0) is 6.42 Å². The first-order chi connectivity index (χ1) is 6.34. The van der Waals surface area contributed by atoms with Gasteiger partial charge in [-0.2, -0.15) is 0 Å². The number of nitrogens with one attached hydrogen (secondary N) is 1. The van der Waals surface area contributed by atoms with Crippen LogP contribution in [0.25, 0.3) is 0 Å². The van der Waals surface area contributed by atoms with Crippen LogP contribution in [0.5, 0.6) is 0 Å². The molecule has 2 aromatic rings. The summed E-state index contributed by atoms with van der Waals surface area (Å²) in [5, 5.41) is 0. The van der Waals surface area contributed by atoms with Gasteiger partial charge >= 0.3 is 0 Å². The van der Waals surface area contributed by atoms with Gasteiger partial charge in [-0.05, 0) is 12.5 Å². The maximum atomic E-state index is 4.35. The number of aromatic nitrogens is 2. The number of hydrogen-bond acceptors (Lipinski definition) is 1. The Balaban J connectivity index is -0.000000196. The van der Waals surface area contributed by atoms with Crippen LogP contribution in [0.1, 0.15) is 17.1 Å². The largest absolute Gasteiger partial charge is 0.349 e. The van der Waals surface area contributed by atoms with Crippen LogP contribution in [0.15, 0.2) is 36.5 Å². The number of aryl methyl sites for hydroxylation is 1. The Bertz CT molecular complexity index is 395. The summed E-state index contributed by atoms with van der Waals surface area (Å²) in [6.07, 6.45) is 2.87. The van der Waals surface area contributed by atoms with Crippen molar-refractivity contribution in [2.45, 2.75) is 13.3 Å². The van der Waals surface area contributed by atoms with Crippen molar-refractivity contribution in [2.75, 3.05) is 0 Å². The van der Waals surface area contributed by atoms with Crippen molar-refractivity contribution in [1.29, 1.82) is 0 Å². The molecule has 18 heavy (non-hydrogen) atoms. The van der Waals surface area contributed by atoms with E-state index < -0.39 is 0 Å². The summed E-state index contributed by atoms with van der Waals surface area (Å²) in [5.41, 5.74) is 2.40. The summed E-state index contributed by atoms with van der Waals surface area (Å²) in [6.45, 7) is 1.97. The summed E-state index contributed by atoms with van der Waals surface area (Å²) < 4.78 is 0. The molecule has 0 bridgehead atoms. The van der Waals surface area contributed by atoms with Gasteiger partial charge in [0.1, 0.15) is 5.82 Å². The number of nitrogens with zero attached hydrogens (tertiary/aromatic N) is 1. The minimum atomic E-state index is 0. The number of H-pyrrole nitrogens is 1. The van der Waals surface area contributed by atoms with E-state index >= 15 is 0 Å². The summed E-state index contributed by atoms with van der Waals surface area (Å²) in [5.74, 6) is 0.978. The SMILES string of the molecule is B.Cc1nc(Cc2ccccc2)c[nH]1.F.F.F.F. The number of hydrogen-bond donors (Lipinski definition) is 1. The van der Waals surface area contributed by atoms with Crippen LogP contribution in [-0.4, -0.2) is 18.4 Å². The molecule has 1 aromatic heterocycles. The van der Waals surface area contributed by atoms with Gasteiger partial charge in [0, 0.05) is 12.6 Å². The maximum absolute atomic E-state index is 4.35. The van der Waals surface area contributed by atoms with E-state index in [9.17, 15) is 0 Å². The molecule has 2 nitrogen and oxygen atoms in total. The molecule has 7 heteroatoms. The highest BCUT2D eigenvalue weighted by molar-refractivity contribution is 5.75. The predicted octanol–water partition coefficient (Wildman–Crippen LogP) is 1.74. The minimum Gasteiger partial charge on any atom is -0.349 e. The Labute approximate surface area is 105 Å². The first-order valence-electron chi connectivity index (χ1n) is 4.39. The molecule has 2 rings (SSSR count). The van der Waals surface area contributed by atoms with Crippen LogP contribution >= 0.6 is 0 Å². The third-order valence-corrected chi connectivity index (χ3v) is 1.99. The van der Waals surface area contributed by atoms with E-state index in [0.717, 1.165) is 17.9 Å². The second-order valence-corrected chi connectivity index (χ2v) is 3.14. The molecular formula is C11H19BF4N2. The van der Waals surface area contributed by atoms with Gasteiger partial charge in [-0.3, -0.25) is 18.8 Å². The Kier molecular flexibility index (Phi) is 16.3. The first kappa shape index (κ1) is 25.2. The average Bonchev–Trinajstić information content (AvgIpc) is 2.53. The lowest BCUT2D eigenvalue weighted by molar-refractivity contribution is 1.07. The molecule has 1 heterocycles. The molecule has 0 aliphatic heterocycles. The van der Waals surface area contributed by atoms with Gasteiger partial charge in [-0.25, -0.2) is 4.98 Å². The highest BCUT2D eigenvalue weighted by Crippen LogP contribution is 2.06. The fourth-order valence-corrected chi connectivity index (χ4v) is 1.36. The molecule has 1 N–H and O–H groups in total. The minimum absolute atomic E-state index is 0. The summed E-state index contributed by atoms with van der Waals surface area (Å²) in [4.78, 5) is 7.43. The molecule has 0 spiro atoms. The lowest BCUT2D eigenvalue weighted by atomic mass is 10.1. The lowest BCUT2D eigenvalue weighted by Gasteiger charge is -1.95. The molecular weight excluding hydrogens is 247 g/mol. The van der Waals surface area contributed by atoms with E-state index in [4.69, 9.17) is 0 Å². The molecule has 104 valence electrons. The molecule has 0 amide bonds. The Morgan fingerprint density at radius 1 is 1.00 bits per heavy atom. The molecule has 0 saturated carbocycles. The van der Waals surface area contributed by atoms with E-state index in [1.165, 1.54) is 5.56 Å². The first-order valence-corrected chi connectivity index (χ1v) is 4.39. The van der Waals surface area contributed by atoms with Crippen molar-refractivity contribution < 1.29 is 18.8 Å². The van der Waals surface area contributed by atoms with Crippen molar-refractivity contribution in [3.8, 4) is 0 Å². The Hall–Kier alpha value is -1.79. The summed E-state index contributed by atoms with van der Waals surface area (Å²) in [6, 6.07) is 10.4. The zero-order valence-corrected chi connectivity index (χ0v) is 9.25. The normalized spacial score (nSPS) is 7.39. The molecule has 0 unspecified atom stereocenters. The van der Waals surface area contributed by atoms with Gasteiger partial charge in [-0.15, -0.1) is 0 Å². The number of aromatic amines is 1. The Morgan fingerprint density at radius 2 is 1.56 bits per heavy atom. The Morgan fingerprint density at radius 3 is 2.00 bits per heavy atom. The third-order valence-electron chi connectivity index (χ3n) is 1.99. The highest BCUT2D eigenvalue weighted by Gasteiger charge is 1.98. The van der Waals surface area contributed by atoms with Crippen molar-refractivity contribution in [2.24, 2.45) is 0 Å². The van der Waals surface area contributed by atoms with E-state index in [1.807, 2.05) is 19.2 Å². The van der Waals surface area contributed by atoms with Crippen LogP contribution in [0.2, 0.25) is 0 Å². The summed E-state index contributed by atoms with van der Waals surface area (Å²) >= 11 is 0. The lowest BCUT2D eigenvalue weighted by Crippen LogP contribution is -1.87. The van der Waals surface area contributed by atoms with E-state index in [0.29, 0.717) is 0 Å². The van der Waals surface area contributed by atoms with Crippen molar-refractivity contribution in [3.05, 3.63) is 53.6 Å². The number of rotatable bonds is 2. The highest BCUT2D eigenvalue weighted by atomic mass is 19.0. The number of imidazole rings is 1. The molecule has 0 saturated heterocycles. The van der Waals surface area contributed by atoms with Crippen LogP contribution in [0.3, 0.4) is 0 Å². The predicted molar refractivity (Wildman–Crippen MR) is 72.5 cm³/mol. The van der Waals surface area contributed by atoms with Crippen molar-refractivity contribution >= 4 is 8.41 Å². The number of halogens is 4. The average molecular weight is 266 g/mol. The van der Waals surface area contributed by atoms with Gasteiger partial charge in [0.25, 0.3) is 0 Å². The summed E-state index contributed by atoms with van der Waals surface area (Å²) in [7, 11) is 0. The van der Waals surface area contributed by atoms with Crippen LogP contribution < -0.4 is 0 Å². The van der Waals surface area contributed by atoms with Gasteiger partial charge in [0.15, 0.2) is 0 Å². The molecule has 0 radical (unpaired) electrons. The molecule has 0 aliphatic carbocycles. The maximum Gasteiger partial charge on any atom is 0.103 e. The molecule has 0 atom stereocenters. The van der Waals surface area contributed by atoms with Gasteiger partial charge in [-0.1, -0.05) is 30.3 Å². The smallest absolute Gasteiger partial charge is 0.103 e. The third kappa shape index (κ3) is 6.72. The standard InChI is InChI=1S/C11H12N2.BH3.4FH/c1-9-12-8-11(13-9)7-10-5-3-2-4-6-10;;;;;/h2-6,8H,7H2,1H3,(H,12,13);1H3;4*1H. The monoisotopic (exact) mass is 266 g/mol. The van der Waals surface area contributed by atoms with Gasteiger partial charge in [0.05, 0.1) is 14.1 Å². The quantitative estimate of drug-likeness (QED) is 0.651. The fraction of sp³-hybridized carbons (Fsp3) is 0.182. The second kappa shape index (κ2) is 11.7. The molecule has 0 fully saturated rings. The van der Waals surface area contributed by atoms with Crippen LogP contribution in [0.4, 0.5) is 18.8 Å². The van der Waals surface area contributed by atoms with Gasteiger partial charge < -0.3 is 4.98 Å². The zero-order valence-electron chi connectivity index (χ0n) is 9.25. The molecule has 0 aliphatic rings. The second-order valence-electron chi connectivity index (χ2n) is 3.14. The molecule has 1 aromatic carbocycles. The topological polar surface area (TPSA) is 28.7 Å². The van der Waals surface area contributed by atoms with Crippen molar-refractivity contribution in [3.63, 3.8) is 0 Å². The van der Waals surface area contributed by atoms with E-state index in [-0.39, 0.29) is 27.2 Å². The van der Waals surface area contributed by atoms with E-state index in [1.54, 1.807) is 0 Å². The van der Waals surface area contributed by atoms with Gasteiger partial charge in [0.2, 0.25) is 0 Å².